The van der Waals surface area contributed by atoms with Gasteiger partial charge in [-0.3, -0.25) is 9.69 Å². The Hall–Kier alpha value is -2.58. The highest BCUT2D eigenvalue weighted by Gasteiger charge is 2.34. The van der Waals surface area contributed by atoms with E-state index in [0.29, 0.717) is 31.5 Å². The van der Waals surface area contributed by atoms with Crippen LogP contribution in [-0.4, -0.2) is 54.4 Å². The van der Waals surface area contributed by atoms with Crippen molar-refractivity contribution in [3.8, 4) is 0 Å². The van der Waals surface area contributed by atoms with Crippen molar-refractivity contribution in [2.24, 2.45) is 0 Å². The molecular formula is C23H30N6O2. The fourth-order valence-corrected chi connectivity index (χ4v) is 5.16. The first kappa shape index (κ1) is 20.3. The minimum absolute atomic E-state index is 0.106. The van der Waals surface area contributed by atoms with Gasteiger partial charge in [-0.1, -0.05) is 30.9 Å². The smallest absolute Gasteiger partial charge is 0.253 e. The van der Waals surface area contributed by atoms with E-state index in [9.17, 15) is 9.90 Å². The molecule has 0 spiro atoms. The van der Waals surface area contributed by atoms with E-state index in [4.69, 9.17) is 0 Å². The van der Waals surface area contributed by atoms with Crippen LogP contribution in [0, 0.1) is 6.92 Å². The van der Waals surface area contributed by atoms with Gasteiger partial charge in [0.05, 0.1) is 12.1 Å². The number of piperidine rings is 1. The molecule has 2 fully saturated rings. The molecule has 8 nitrogen and oxygen atoms in total. The van der Waals surface area contributed by atoms with E-state index in [-0.39, 0.29) is 23.7 Å². The van der Waals surface area contributed by atoms with Crippen LogP contribution >= 0.6 is 0 Å². The highest BCUT2D eigenvalue weighted by atomic mass is 16.3. The van der Waals surface area contributed by atoms with Crippen molar-refractivity contribution in [3.05, 3.63) is 51.6 Å². The van der Waals surface area contributed by atoms with Gasteiger partial charge in [0.15, 0.2) is 5.82 Å². The largest absolute Gasteiger partial charge is 0.393 e. The molecule has 3 aromatic rings. The first-order valence-electron chi connectivity index (χ1n) is 11.4. The summed E-state index contributed by atoms with van der Waals surface area (Å²) in [6.45, 7) is 3.46. The Morgan fingerprint density at radius 3 is 2.65 bits per heavy atom. The van der Waals surface area contributed by atoms with Crippen molar-refractivity contribution < 1.29 is 5.11 Å². The van der Waals surface area contributed by atoms with Gasteiger partial charge in [-0.15, -0.1) is 5.10 Å². The van der Waals surface area contributed by atoms with Gasteiger partial charge in [0.25, 0.3) is 5.56 Å². The second-order valence-corrected chi connectivity index (χ2v) is 9.09. The molecule has 1 aromatic carbocycles. The van der Waals surface area contributed by atoms with Crippen LogP contribution in [0.1, 0.15) is 74.0 Å². The predicted molar refractivity (Wildman–Crippen MR) is 118 cm³/mol. The molecule has 31 heavy (non-hydrogen) atoms. The summed E-state index contributed by atoms with van der Waals surface area (Å²) in [5, 5.41) is 23.9. The molecule has 0 unspecified atom stereocenters. The number of H-pyrrole nitrogens is 1. The van der Waals surface area contributed by atoms with Crippen LogP contribution in [-0.2, 0) is 0 Å². The van der Waals surface area contributed by atoms with Crippen LogP contribution in [0.25, 0.3) is 10.9 Å². The Kier molecular flexibility index (Phi) is 5.58. The van der Waals surface area contributed by atoms with Gasteiger partial charge in [-0.05, 0) is 66.6 Å². The van der Waals surface area contributed by atoms with Crippen LogP contribution in [0.15, 0.2) is 29.1 Å². The average Bonchev–Trinajstić information content (AvgIpc) is 3.26. The summed E-state index contributed by atoms with van der Waals surface area (Å²) in [6.07, 6.45) is 6.83. The second-order valence-electron chi connectivity index (χ2n) is 9.09. The lowest BCUT2D eigenvalue weighted by molar-refractivity contribution is 0.0651. The monoisotopic (exact) mass is 422 g/mol. The lowest BCUT2D eigenvalue weighted by atomic mass is 9.94. The molecule has 2 aromatic heterocycles. The summed E-state index contributed by atoms with van der Waals surface area (Å²) < 4.78 is 1.97. The summed E-state index contributed by atoms with van der Waals surface area (Å²) in [5.41, 5.74) is 2.54. The maximum atomic E-state index is 13.2. The highest BCUT2D eigenvalue weighted by molar-refractivity contribution is 5.79. The van der Waals surface area contributed by atoms with Crippen LogP contribution in [0.3, 0.4) is 0 Å². The van der Waals surface area contributed by atoms with Gasteiger partial charge in [-0.25, -0.2) is 4.68 Å². The molecule has 164 valence electrons. The third-order valence-electron chi connectivity index (χ3n) is 6.87. The third kappa shape index (κ3) is 4.02. The summed E-state index contributed by atoms with van der Waals surface area (Å²) in [7, 11) is 0. The van der Waals surface area contributed by atoms with Crippen molar-refractivity contribution in [3.63, 3.8) is 0 Å². The normalized spacial score (nSPS) is 20.3. The summed E-state index contributed by atoms with van der Waals surface area (Å²) in [6, 6.07) is 7.99. The van der Waals surface area contributed by atoms with Crippen LogP contribution in [0.2, 0.25) is 0 Å². The number of aryl methyl sites for hydroxylation is 1. The van der Waals surface area contributed by atoms with Crippen LogP contribution in [0.5, 0.6) is 0 Å². The van der Waals surface area contributed by atoms with E-state index in [1.165, 1.54) is 19.3 Å². The number of nitrogens with zero attached hydrogens (tertiary/aromatic N) is 5. The number of tetrazole rings is 1. The molecule has 3 heterocycles. The molecule has 1 aliphatic carbocycles. The topological polar surface area (TPSA) is 99.9 Å². The van der Waals surface area contributed by atoms with Crippen molar-refractivity contribution in [2.75, 3.05) is 13.1 Å². The van der Waals surface area contributed by atoms with Gasteiger partial charge in [0.2, 0.25) is 0 Å². The molecule has 2 aliphatic rings. The van der Waals surface area contributed by atoms with Gasteiger partial charge in [0, 0.05) is 24.2 Å². The number of benzene rings is 1. The molecule has 8 heteroatoms. The number of nitrogens with one attached hydrogen (secondary N) is 1. The van der Waals surface area contributed by atoms with E-state index < -0.39 is 0 Å². The van der Waals surface area contributed by atoms with Crippen LogP contribution in [0.4, 0.5) is 0 Å². The second kappa shape index (κ2) is 8.51. The summed E-state index contributed by atoms with van der Waals surface area (Å²) >= 11 is 0. The Labute approximate surface area is 181 Å². The Balaban J connectivity index is 1.62. The number of aromatic amines is 1. The van der Waals surface area contributed by atoms with E-state index in [2.05, 4.69) is 38.4 Å². The van der Waals surface area contributed by atoms with Crippen molar-refractivity contribution in [1.82, 2.24) is 30.1 Å². The molecule has 1 saturated heterocycles. The summed E-state index contributed by atoms with van der Waals surface area (Å²) in [5.74, 6) is 0.737. The maximum Gasteiger partial charge on any atom is 0.253 e. The van der Waals surface area contributed by atoms with Gasteiger partial charge >= 0.3 is 0 Å². The number of hydrogen-bond donors (Lipinski definition) is 2. The quantitative estimate of drug-likeness (QED) is 0.671. The van der Waals surface area contributed by atoms with Gasteiger partial charge in [-0.2, -0.15) is 0 Å². The molecule has 0 amide bonds. The number of rotatable bonds is 4. The zero-order valence-electron chi connectivity index (χ0n) is 18.0. The molecule has 1 atom stereocenters. The molecule has 2 N–H and O–H groups in total. The zero-order chi connectivity index (χ0) is 21.4. The van der Waals surface area contributed by atoms with E-state index in [0.717, 1.165) is 35.1 Å². The highest BCUT2D eigenvalue weighted by Crippen LogP contribution is 2.34. The molecular weight excluding hydrogens is 392 g/mol. The Morgan fingerprint density at radius 2 is 1.87 bits per heavy atom. The first-order valence-corrected chi connectivity index (χ1v) is 11.4. The predicted octanol–water partition coefficient (Wildman–Crippen LogP) is 2.87. The minimum Gasteiger partial charge on any atom is -0.393 e. The lowest BCUT2D eigenvalue weighted by Gasteiger charge is -2.36. The molecule has 1 aliphatic heterocycles. The fraction of sp³-hybridized carbons (Fsp3) is 0.565. The van der Waals surface area contributed by atoms with Crippen molar-refractivity contribution in [2.45, 2.75) is 70.1 Å². The number of pyridine rings is 1. The maximum absolute atomic E-state index is 13.2. The number of aliphatic hydroxyl groups is 1. The third-order valence-corrected chi connectivity index (χ3v) is 6.87. The summed E-state index contributed by atoms with van der Waals surface area (Å²) in [4.78, 5) is 18.6. The van der Waals surface area contributed by atoms with E-state index in [1.54, 1.807) is 0 Å². The number of fused-ring (bicyclic) bond motifs is 1. The number of aliphatic hydroxyl groups excluding tert-OH is 1. The molecule has 0 bridgehead atoms. The van der Waals surface area contributed by atoms with Crippen molar-refractivity contribution >= 4 is 10.9 Å². The first-order chi connectivity index (χ1) is 15.1. The number of aromatic nitrogens is 5. The van der Waals surface area contributed by atoms with E-state index >= 15 is 0 Å². The number of hydrogen-bond acceptors (Lipinski definition) is 6. The molecule has 1 saturated carbocycles. The number of likely N-dealkylation sites (tertiary alicyclic amines) is 1. The minimum atomic E-state index is -0.335. The molecule has 0 radical (unpaired) electrons. The Bertz CT molecular complexity index is 1110. The lowest BCUT2D eigenvalue weighted by Crippen LogP contribution is -2.42. The average molecular weight is 423 g/mol. The van der Waals surface area contributed by atoms with Gasteiger partial charge < -0.3 is 10.1 Å². The zero-order valence-corrected chi connectivity index (χ0v) is 18.0. The standard InChI is InChI=1S/C23H30N6O2/c1-15-7-8-20-16(13-15)14-19(23(31)24-20)21(28-11-9-18(30)10-12-28)22-25-26-27-29(22)17-5-3-2-4-6-17/h7-8,13-14,17-18,21,30H,2-6,9-12H2,1H3,(H,24,31)/t21-/m1/s1. The van der Waals surface area contributed by atoms with Gasteiger partial charge in [0.1, 0.15) is 6.04 Å². The molecule has 5 rings (SSSR count). The fourth-order valence-electron chi connectivity index (χ4n) is 5.16. The SMILES string of the molecule is Cc1ccc2[nH]c(=O)c([C@H](c3nnnn3C3CCCCC3)N3CCC(O)CC3)cc2c1. The van der Waals surface area contributed by atoms with Crippen molar-refractivity contribution in [1.29, 1.82) is 0 Å². The Morgan fingerprint density at radius 1 is 1.10 bits per heavy atom. The van der Waals surface area contributed by atoms with E-state index in [1.807, 2.05) is 22.9 Å². The van der Waals surface area contributed by atoms with Crippen LogP contribution < -0.4 is 5.56 Å².